The summed E-state index contributed by atoms with van der Waals surface area (Å²) < 4.78 is 18.9. The highest BCUT2D eigenvalue weighted by atomic mass is 32.1. The second kappa shape index (κ2) is 9.49. The molecule has 1 atom stereocenters. The third-order valence-electron chi connectivity index (χ3n) is 4.64. The smallest absolute Gasteiger partial charge is 0.255 e. The lowest BCUT2D eigenvalue weighted by Crippen LogP contribution is -2.27. The minimum atomic E-state index is -0.300. The zero-order chi connectivity index (χ0) is 21.6. The van der Waals surface area contributed by atoms with Gasteiger partial charge in [0.25, 0.3) is 5.91 Å². The van der Waals surface area contributed by atoms with E-state index < -0.39 is 0 Å². The molecule has 0 fully saturated rings. The standard InChI is InChI=1S/C24H20FN3O2S/c1-16(24-28-21(15-31-24)18-5-4-12-26-13-18)27-23(29)20-6-2-3-7-22(20)30-14-17-8-10-19(25)11-9-17/h2-13,15-16H,14H2,1H3,(H,27,29). The fraction of sp³-hybridized carbons (Fsp3) is 0.125. The monoisotopic (exact) mass is 433 g/mol. The molecule has 5 nitrogen and oxygen atoms in total. The molecule has 0 radical (unpaired) electrons. The molecule has 0 aliphatic heterocycles. The number of para-hydroxylation sites is 1. The number of carbonyl (C=O) groups excluding carboxylic acids is 1. The summed E-state index contributed by atoms with van der Waals surface area (Å²) in [7, 11) is 0. The number of benzene rings is 2. The number of hydrogen-bond acceptors (Lipinski definition) is 5. The van der Waals surface area contributed by atoms with Gasteiger partial charge in [0.1, 0.15) is 23.2 Å². The van der Waals surface area contributed by atoms with E-state index in [1.54, 1.807) is 48.8 Å². The predicted molar refractivity (Wildman–Crippen MR) is 118 cm³/mol. The van der Waals surface area contributed by atoms with Gasteiger partial charge in [-0.1, -0.05) is 24.3 Å². The third-order valence-corrected chi connectivity index (χ3v) is 5.66. The number of aromatic nitrogens is 2. The summed E-state index contributed by atoms with van der Waals surface area (Å²) >= 11 is 1.49. The number of carbonyl (C=O) groups is 1. The summed E-state index contributed by atoms with van der Waals surface area (Å²) in [6.45, 7) is 2.13. The Morgan fingerprint density at radius 2 is 1.94 bits per heavy atom. The average Bonchev–Trinajstić information content (AvgIpc) is 3.30. The molecule has 0 spiro atoms. The van der Waals surface area contributed by atoms with E-state index in [4.69, 9.17) is 4.74 Å². The highest BCUT2D eigenvalue weighted by Gasteiger charge is 2.18. The Hall–Kier alpha value is -3.58. The Morgan fingerprint density at radius 3 is 2.71 bits per heavy atom. The van der Waals surface area contributed by atoms with Crippen LogP contribution < -0.4 is 10.1 Å². The van der Waals surface area contributed by atoms with Crippen LogP contribution in [0.1, 0.15) is 33.9 Å². The Kier molecular flexibility index (Phi) is 6.33. The van der Waals surface area contributed by atoms with Gasteiger partial charge in [-0.05, 0) is 48.9 Å². The van der Waals surface area contributed by atoms with Gasteiger partial charge in [-0.15, -0.1) is 11.3 Å². The molecule has 4 aromatic rings. The van der Waals surface area contributed by atoms with Crippen LogP contribution >= 0.6 is 11.3 Å². The summed E-state index contributed by atoms with van der Waals surface area (Å²) in [5, 5.41) is 5.74. The van der Waals surface area contributed by atoms with Crippen LogP contribution in [0.2, 0.25) is 0 Å². The molecule has 0 saturated heterocycles. The van der Waals surface area contributed by atoms with Crippen LogP contribution in [0.25, 0.3) is 11.3 Å². The summed E-state index contributed by atoms with van der Waals surface area (Å²) in [6, 6.07) is 16.7. The summed E-state index contributed by atoms with van der Waals surface area (Å²) in [6.07, 6.45) is 3.48. The lowest BCUT2D eigenvalue weighted by atomic mass is 10.1. The van der Waals surface area contributed by atoms with Crippen molar-refractivity contribution in [3.05, 3.63) is 100 Å². The lowest BCUT2D eigenvalue weighted by Gasteiger charge is -2.14. The van der Waals surface area contributed by atoms with Crippen LogP contribution in [0.15, 0.2) is 78.4 Å². The highest BCUT2D eigenvalue weighted by Crippen LogP contribution is 2.26. The first kappa shape index (κ1) is 20.7. The quantitative estimate of drug-likeness (QED) is 0.423. The normalized spacial score (nSPS) is 11.7. The van der Waals surface area contributed by atoms with Crippen LogP contribution in [0.4, 0.5) is 4.39 Å². The van der Waals surface area contributed by atoms with Gasteiger partial charge in [0.2, 0.25) is 0 Å². The third kappa shape index (κ3) is 5.13. The highest BCUT2D eigenvalue weighted by molar-refractivity contribution is 7.10. The summed E-state index contributed by atoms with van der Waals surface area (Å²) in [5.74, 6) is -0.0848. The molecule has 156 valence electrons. The number of pyridine rings is 1. The topological polar surface area (TPSA) is 64.1 Å². The van der Waals surface area contributed by atoms with E-state index >= 15 is 0 Å². The van der Waals surface area contributed by atoms with Gasteiger partial charge in [0, 0.05) is 23.3 Å². The maximum atomic E-state index is 13.1. The van der Waals surface area contributed by atoms with Crippen LogP contribution in [-0.4, -0.2) is 15.9 Å². The molecular formula is C24H20FN3O2S. The molecule has 1 N–H and O–H groups in total. The van der Waals surface area contributed by atoms with Gasteiger partial charge in [0.05, 0.1) is 17.3 Å². The molecule has 1 unspecified atom stereocenters. The molecule has 2 aromatic heterocycles. The summed E-state index contributed by atoms with van der Waals surface area (Å²) in [4.78, 5) is 21.7. The minimum absolute atomic E-state index is 0.237. The molecule has 1 amide bonds. The predicted octanol–water partition coefficient (Wildman–Crippen LogP) is 5.41. The molecule has 2 aromatic carbocycles. The van der Waals surface area contributed by atoms with Crippen molar-refractivity contribution < 1.29 is 13.9 Å². The number of nitrogens with one attached hydrogen (secondary N) is 1. The zero-order valence-corrected chi connectivity index (χ0v) is 17.6. The molecular weight excluding hydrogens is 413 g/mol. The van der Waals surface area contributed by atoms with E-state index in [1.807, 2.05) is 24.4 Å². The number of hydrogen-bond donors (Lipinski definition) is 1. The van der Waals surface area contributed by atoms with E-state index in [1.165, 1.54) is 23.5 Å². The number of halogens is 1. The molecule has 0 aliphatic rings. The molecule has 7 heteroatoms. The van der Waals surface area contributed by atoms with Crippen molar-refractivity contribution in [1.29, 1.82) is 0 Å². The van der Waals surface area contributed by atoms with E-state index in [0.717, 1.165) is 21.8 Å². The molecule has 0 aliphatic carbocycles. The Bertz CT molecular complexity index is 1160. The number of nitrogens with zero attached hydrogens (tertiary/aromatic N) is 2. The number of amides is 1. The van der Waals surface area contributed by atoms with Crippen molar-refractivity contribution in [3.63, 3.8) is 0 Å². The SMILES string of the molecule is CC(NC(=O)c1ccccc1OCc1ccc(F)cc1)c1nc(-c2cccnc2)cs1. The van der Waals surface area contributed by atoms with Gasteiger partial charge in [0.15, 0.2) is 0 Å². The molecule has 0 bridgehead atoms. The van der Waals surface area contributed by atoms with Crippen molar-refractivity contribution in [3.8, 4) is 17.0 Å². The van der Waals surface area contributed by atoms with Crippen LogP contribution in [-0.2, 0) is 6.61 Å². The van der Waals surface area contributed by atoms with Crippen LogP contribution in [0.3, 0.4) is 0 Å². The second-order valence-electron chi connectivity index (χ2n) is 6.92. The van der Waals surface area contributed by atoms with E-state index in [0.29, 0.717) is 11.3 Å². The van der Waals surface area contributed by atoms with Crippen LogP contribution in [0.5, 0.6) is 5.75 Å². The zero-order valence-electron chi connectivity index (χ0n) is 16.8. The van der Waals surface area contributed by atoms with Gasteiger partial charge in [-0.25, -0.2) is 9.37 Å². The molecule has 0 saturated carbocycles. The minimum Gasteiger partial charge on any atom is -0.488 e. The maximum absolute atomic E-state index is 13.1. The fourth-order valence-corrected chi connectivity index (χ4v) is 3.83. The number of thiazole rings is 1. The second-order valence-corrected chi connectivity index (χ2v) is 7.81. The molecule has 4 rings (SSSR count). The average molecular weight is 434 g/mol. The van der Waals surface area contributed by atoms with Crippen molar-refractivity contribution in [2.75, 3.05) is 0 Å². The van der Waals surface area contributed by atoms with E-state index in [-0.39, 0.29) is 24.4 Å². The Balaban J connectivity index is 1.44. The van der Waals surface area contributed by atoms with Crippen LogP contribution in [0, 0.1) is 5.82 Å². The molecule has 31 heavy (non-hydrogen) atoms. The van der Waals surface area contributed by atoms with E-state index in [9.17, 15) is 9.18 Å². The maximum Gasteiger partial charge on any atom is 0.255 e. The summed E-state index contributed by atoms with van der Waals surface area (Å²) in [5.41, 5.74) is 3.01. The Morgan fingerprint density at radius 1 is 1.13 bits per heavy atom. The first-order valence-corrected chi connectivity index (χ1v) is 10.6. The number of ether oxygens (including phenoxy) is 1. The van der Waals surface area contributed by atoms with Crippen molar-refractivity contribution in [2.45, 2.75) is 19.6 Å². The largest absolute Gasteiger partial charge is 0.488 e. The fourth-order valence-electron chi connectivity index (χ4n) is 2.99. The van der Waals surface area contributed by atoms with E-state index in [2.05, 4.69) is 15.3 Å². The molecule has 2 heterocycles. The Labute approximate surface area is 183 Å². The van der Waals surface area contributed by atoms with Gasteiger partial charge in [-0.2, -0.15) is 0 Å². The number of rotatable bonds is 7. The first-order chi connectivity index (χ1) is 15.1. The van der Waals surface area contributed by atoms with Crippen molar-refractivity contribution in [2.24, 2.45) is 0 Å². The van der Waals surface area contributed by atoms with Gasteiger partial charge >= 0.3 is 0 Å². The first-order valence-electron chi connectivity index (χ1n) is 9.73. The van der Waals surface area contributed by atoms with Gasteiger partial charge < -0.3 is 10.1 Å². The lowest BCUT2D eigenvalue weighted by molar-refractivity contribution is 0.0935. The van der Waals surface area contributed by atoms with Crippen molar-refractivity contribution >= 4 is 17.2 Å². The van der Waals surface area contributed by atoms with Gasteiger partial charge in [-0.3, -0.25) is 9.78 Å². The van der Waals surface area contributed by atoms with Crippen molar-refractivity contribution in [1.82, 2.24) is 15.3 Å².